The van der Waals surface area contributed by atoms with E-state index < -0.39 is 0 Å². The molecule has 92 valence electrons. The van der Waals surface area contributed by atoms with Gasteiger partial charge in [0, 0.05) is 33.5 Å². The van der Waals surface area contributed by atoms with E-state index in [9.17, 15) is 0 Å². The van der Waals surface area contributed by atoms with Crippen molar-refractivity contribution in [3.63, 3.8) is 0 Å². The van der Waals surface area contributed by atoms with Gasteiger partial charge in [-0.1, -0.05) is 22.9 Å². The van der Waals surface area contributed by atoms with Gasteiger partial charge in [0.2, 0.25) is 0 Å². The van der Waals surface area contributed by atoms with Gasteiger partial charge in [-0.05, 0) is 23.6 Å². The number of fused-ring (bicyclic) bond motifs is 3. The SMILES string of the molecule is CC1CC(N)c2c(Br)cc3c(c2CS1)OCC3. The van der Waals surface area contributed by atoms with Crippen molar-refractivity contribution in [3.05, 3.63) is 27.2 Å². The standard InChI is InChI=1S/C13H16BrNOS/c1-7-4-11(15)12-9(6-17-7)13-8(2-3-16-13)5-10(12)14/h5,7,11H,2-4,6,15H2,1H3. The number of benzene rings is 1. The Kier molecular flexibility index (Phi) is 3.13. The fraction of sp³-hybridized carbons (Fsp3) is 0.538. The van der Waals surface area contributed by atoms with Crippen LogP contribution in [0.25, 0.3) is 0 Å². The summed E-state index contributed by atoms with van der Waals surface area (Å²) in [5.74, 6) is 2.13. The number of nitrogens with two attached hydrogens (primary N) is 1. The van der Waals surface area contributed by atoms with Crippen molar-refractivity contribution in [1.29, 1.82) is 0 Å². The van der Waals surface area contributed by atoms with Crippen molar-refractivity contribution in [2.75, 3.05) is 6.61 Å². The van der Waals surface area contributed by atoms with Crippen molar-refractivity contribution in [3.8, 4) is 5.75 Å². The molecule has 0 saturated heterocycles. The molecule has 2 atom stereocenters. The molecule has 0 saturated carbocycles. The molecule has 4 heteroatoms. The molecule has 0 bridgehead atoms. The topological polar surface area (TPSA) is 35.2 Å². The van der Waals surface area contributed by atoms with Crippen molar-refractivity contribution in [2.45, 2.75) is 36.8 Å². The fourth-order valence-corrected chi connectivity index (χ4v) is 4.59. The number of hydrogen-bond acceptors (Lipinski definition) is 3. The highest BCUT2D eigenvalue weighted by atomic mass is 79.9. The number of halogens is 1. The quantitative estimate of drug-likeness (QED) is 0.797. The molecule has 0 aromatic heterocycles. The van der Waals surface area contributed by atoms with Gasteiger partial charge in [-0.25, -0.2) is 0 Å². The van der Waals surface area contributed by atoms with E-state index in [4.69, 9.17) is 10.5 Å². The molecular weight excluding hydrogens is 298 g/mol. The second kappa shape index (κ2) is 4.48. The van der Waals surface area contributed by atoms with E-state index in [0.717, 1.165) is 31.0 Å². The summed E-state index contributed by atoms with van der Waals surface area (Å²) in [7, 11) is 0. The third kappa shape index (κ3) is 2.00. The van der Waals surface area contributed by atoms with Gasteiger partial charge in [0.25, 0.3) is 0 Å². The molecule has 2 N–H and O–H groups in total. The highest BCUT2D eigenvalue weighted by Gasteiger charge is 2.28. The Morgan fingerprint density at radius 1 is 1.53 bits per heavy atom. The highest BCUT2D eigenvalue weighted by Crippen LogP contribution is 2.44. The van der Waals surface area contributed by atoms with Gasteiger partial charge in [0.1, 0.15) is 5.75 Å². The van der Waals surface area contributed by atoms with Crippen LogP contribution in [0.15, 0.2) is 10.5 Å². The summed E-state index contributed by atoms with van der Waals surface area (Å²) in [6.07, 6.45) is 2.06. The first kappa shape index (κ1) is 11.9. The lowest BCUT2D eigenvalue weighted by molar-refractivity contribution is 0.354. The minimum Gasteiger partial charge on any atom is -0.493 e. The first-order valence-electron chi connectivity index (χ1n) is 6.01. The van der Waals surface area contributed by atoms with E-state index in [-0.39, 0.29) is 6.04 Å². The van der Waals surface area contributed by atoms with Gasteiger partial charge in [-0.15, -0.1) is 0 Å². The van der Waals surface area contributed by atoms with Crippen molar-refractivity contribution >= 4 is 27.7 Å². The molecule has 2 aliphatic heterocycles. The number of thioether (sulfide) groups is 1. The minimum atomic E-state index is 0.124. The van der Waals surface area contributed by atoms with Crippen LogP contribution in [0.2, 0.25) is 0 Å². The minimum absolute atomic E-state index is 0.124. The third-order valence-electron chi connectivity index (χ3n) is 3.54. The van der Waals surface area contributed by atoms with Crippen molar-refractivity contribution in [1.82, 2.24) is 0 Å². The predicted octanol–water partition coefficient (Wildman–Crippen LogP) is 3.41. The molecule has 2 aliphatic rings. The van der Waals surface area contributed by atoms with Crippen LogP contribution in [0.1, 0.15) is 36.1 Å². The van der Waals surface area contributed by atoms with E-state index in [2.05, 4.69) is 28.9 Å². The summed E-state index contributed by atoms with van der Waals surface area (Å²) < 4.78 is 6.97. The highest BCUT2D eigenvalue weighted by molar-refractivity contribution is 9.10. The molecule has 2 heterocycles. The maximum absolute atomic E-state index is 6.33. The van der Waals surface area contributed by atoms with Gasteiger partial charge in [-0.2, -0.15) is 11.8 Å². The molecule has 3 rings (SSSR count). The van der Waals surface area contributed by atoms with Gasteiger partial charge >= 0.3 is 0 Å². The van der Waals surface area contributed by atoms with E-state index in [1.807, 2.05) is 11.8 Å². The molecule has 0 aliphatic carbocycles. The average Bonchev–Trinajstić information content (AvgIpc) is 2.66. The van der Waals surface area contributed by atoms with E-state index >= 15 is 0 Å². The van der Waals surface area contributed by atoms with Crippen molar-refractivity contribution in [2.24, 2.45) is 5.73 Å². The summed E-state index contributed by atoms with van der Waals surface area (Å²) in [6, 6.07) is 2.32. The van der Waals surface area contributed by atoms with Crippen LogP contribution in [0.5, 0.6) is 5.75 Å². The Balaban J connectivity index is 2.16. The van der Waals surface area contributed by atoms with Gasteiger partial charge in [0.05, 0.1) is 6.61 Å². The maximum Gasteiger partial charge on any atom is 0.127 e. The molecular formula is C13H16BrNOS. The smallest absolute Gasteiger partial charge is 0.127 e. The first-order chi connectivity index (χ1) is 8.16. The molecule has 1 aromatic rings. The first-order valence-corrected chi connectivity index (χ1v) is 7.85. The number of ether oxygens (including phenoxy) is 1. The van der Waals surface area contributed by atoms with Crippen LogP contribution in [-0.4, -0.2) is 11.9 Å². The van der Waals surface area contributed by atoms with Gasteiger partial charge < -0.3 is 10.5 Å². The molecule has 2 unspecified atom stereocenters. The lowest BCUT2D eigenvalue weighted by atomic mass is 9.95. The summed E-state index contributed by atoms with van der Waals surface area (Å²) >= 11 is 5.67. The predicted molar refractivity (Wildman–Crippen MR) is 75.6 cm³/mol. The Hall–Kier alpha value is -0.190. The lowest BCUT2D eigenvalue weighted by Gasteiger charge is -2.17. The molecule has 2 nitrogen and oxygen atoms in total. The van der Waals surface area contributed by atoms with Crippen LogP contribution in [-0.2, 0) is 12.2 Å². The van der Waals surface area contributed by atoms with Crippen LogP contribution in [0.4, 0.5) is 0 Å². The summed E-state index contributed by atoms with van der Waals surface area (Å²) in [5, 5.41) is 0.612. The third-order valence-corrected chi connectivity index (χ3v) is 5.41. The van der Waals surface area contributed by atoms with E-state index in [0.29, 0.717) is 5.25 Å². The number of hydrogen-bond donors (Lipinski definition) is 1. The fourth-order valence-electron chi connectivity index (χ4n) is 2.70. The second-order valence-electron chi connectivity index (χ2n) is 4.80. The molecule has 0 radical (unpaired) electrons. The van der Waals surface area contributed by atoms with Crippen LogP contribution in [0.3, 0.4) is 0 Å². The van der Waals surface area contributed by atoms with E-state index in [1.54, 1.807) is 0 Å². The summed E-state index contributed by atoms with van der Waals surface area (Å²) in [4.78, 5) is 0. The largest absolute Gasteiger partial charge is 0.493 e. The molecule has 0 spiro atoms. The molecule has 17 heavy (non-hydrogen) atoms. The monoisotopic (exact) mass is 313 g/mol. The zero-order valence-electron chi connectivity index (χ0n) is 9.83. The molecule has 0 fully saturated rings. The zero-order valence-corrected chi connectivity index (χ0v) is 12.2. The molecule has 0 amide bonds. The van der Waals surface area contributed by atoms with E-state index in [1.165, 1.54) is 21.2 Å². The van der Waals surface area contributed by atoms with Crippen LogP contribution >= 0.6 is 27.7 Å². The Labute approximate surface area is 114 Å². The summed E-state index contributed by atoms with van der Waals surface area (Å²) in [5.41, 5.74) is 10.3. The maximum atomic E-state index is 6.33. The summed E-state index contributed by atoms with van der Waals surface area (Å²) in [6.45, 7) is 3.07. The number of rotatable bonds is 0. The second-order valence-corrected chi connectivity index (χ2v) is 7.08. The Morgan fingerprint density at radius 3 is 3.18 bits per heavy atom. The lowest BCUT2D eigenvalue weighted by Crippen LogP contribution is -2.15. The Morgan fingerprint density at radius 2 is 2.35 bits per heavy atom. The Bertz CT molecular complexity index is 463. The average molecular weight is 314 g/mol. The van der Waals surface area contributed by atoms with Gasteiger partial charge in [-0.3, -0.25) is 0 Å². The van der Waals surface area contributed by atoms with Gasteiger partial charge in [0.15, 0.2) is 0 Å². The molecule has 1 aromatic carbocycles. The normalized spacial score (nSPS) is 27.0. The zero-order chi connectivity index (χ0) is 12.0. The van der Waals surface area contributed by atoms with Crippen molar-refractivity contribution < 1.29 is 4.74 Å². The van der Waals surface area contributed by atoms with Crippen LogP contribution in [0, 0.1) is 0 Å². The van der Waals surface area contributed by atoms with Crippen LogP contribution < -0.4 is 10.5 Å².